The van der Waals surface area contributed by atoms with Crippen molar-refractivity contribution in [3.8, 4) is 5.69 Å². The highest BCUT2D eigenvalue weighted by atomic mass is 79.9. The fraction of sp³-hybridized carbons (Fsp3) is 0.0667. The Morgan fingerprint density at radius 1 is 1.26 bits per heavy atom. The number of nitrogen functional groups attached to an aromatic ring is 1. The van der Waals surface area contributed by atoms with Gasteiger partial charge >= 0.3 is 0 Å². The van der Waals surface area contributed by atoms with Crippen LogP contribution in [0.15, 0.2) is 47.2 Å². The summed E-state index contributed by atoms with van der Waals surface area (Å²) < 4.78 is 2.85. The molecule has 4 aromatic rings. The smallest absolute Gasteiger partial charge is 0.178 e. The Balaban J connectivity index is 1.68. The first-order valence-electron chi connectivity index (χ1n) is 6.95. The highest BCUT2D eigenvalue weighted by molar-refractivity contribution is 9.10. The summed E-state index contributed by atoms with van der Waals surface area (Å²) in [5, 5.41) is 15.0. The van der Waals surface area contributed by atoms with Gasteiger partial charge < -0.3 is 5.73 Å². The van der Waals surface area contributed by atoms with Gasteiger partial charge in [0.2, 0.25) is 0 Å². The number of anilines is 1. The highest BCUT2D eigenvalue weighted by Crippen LogP contribution is 2.20. The number of nitrogens with two attached hydrogens (primary N) is 1. The summed E-state index contributed by atoms with van der Waals surface area (Å²) >= 11 is 3.47. The number of benzene rings is 1. The lowest BCUT2D eigenvalue weighted by molar-refractivity contribution is 0.879. The standard InChI is InChI=1S/C15H12BrN7/c16-11-2-1-3-12(6-11)23-8-9(7-18-23)4-10-5-13(17)19-15-14(10)20-22-21-15/h1-3,5-8H,4H2,(H3,17,19,20,21,22). The van der Waals surface area contributed by atoms with Gasteiger partial charge in [-0.2, -0.15) is 5.10 Å². The molecule has 0 spiro atoms. The van der Waals surface area contributed by atoms with Crippen LogP contribution in [0.3, 0.4) is 0 Å². The average molecular weight is 370 g/mol. The lowest BCUT2D eigenvalue weighted by Crippen LogP contribution is -1.96. The fourth-order valence-corrected chi connectivity index (χ4v) is 2.88. The maximum absolute atomic E-state index is 5.84. The number of pyridine rings is 1. The van der Waals surface area contributed by atoms with Crippen molar-refractivity contribution in [2.45, 2.75) is 6.42 Å². The number of nitrogens with one attached hydrogen (secondary N) is 1. The topological polar surface area (TPSA) is 98.3 Å². The molecule has 4 rings (SSSR count). The molecule has 0 aliphatic carbocycles. The van der Waals surface area contributed by atoms with E-state index in [1.54, 1.807) is 0 Å². The monoisotopic (exact) mass is 369 g/mol. The molecule has 8 heteroatoms. The van der Waals surface area contributed by atoms with Gasteiger partial charge in [0.05, 0.1) is 11.9 Å². The fourth-order valence-electron chi connectivity index (χ4n) is 2.49. The number of H-pyrrole nitrogens is 1. The first kappa shape index (κ1) is 13.9. The van der Waals surface area contributed by atoms with Crippen LogP contribution in [-0.2, 0) is 6.42 Å². The Bertz CT molecular complexity index is 988. The predicted molar refractivity (Wildman–Crippen MR) is 90.2 cm³/mol. The second-order valence-electron chi connectivity index (χ2n) is 5.17. The van der Waals surface area contributed by atoms with Crippen molar-refractivity contribution in [1.82, 2.24) is 30.2 Å². The number of rotatable bonds is 3. The van der Waals surface area contributed by atoms with E-state index in [1.807, 2.05) is 47.4 Å². The molecule has 23 heavy (non-hydrogen) atoms. The van der Waals surface area contributed by atoms with E-state index in [-0.39, 0.29) is 0 Å². The van der Waals surface area contributed by atoms with E-state index in [0.717, 1.165) is 26.8 Å². The third-order valence-electron chi connectivity index (χ3n) is 3.50. The van der Waals surface area contributed by atoms with Crippen LogP contribution in [0.4, 0.5) is 5.82 Å². The summed E-state index contributed by atoms with van der Waals surface area (Å²) in [7, 11) is 0. The van der Waals surface area contributed by atoms with Crippen LogP contribution in [0.1, 0.15) is 11.1 Å². The molecule has 0 aliphatic heterocycles. The van der Waals surface area contributed by atoms with E-state index in [9.17, 15) is 0 Å². The molecular weight excluding hydrogens is 358 g/mol. The number of fused-ring (bicyclic) bond motifs is 1. The van der Waals surface area contributed by atoms with E-state index in [1.165, 1.54) is 0 Å². The predicted octanol–water partition coefficient (Wildman–Crippen LogP) is 2.47. The molecular formula is C15H12BrN7. The van der Waals surface area contributed by atoms with Gasteiger partial charge in [-0.15, -0.1) is 5.10 Å². The van der Waals surface area contributed by atoms with Crippen molar-refractivity contribution in [2.24, 2.45) is 0 Å². The minimum absolute atomic E-state index is 0.443. The highest BCUT2D eigenvalue weighted by Gasteiger charge is 2.10. The van der Waals surface area contributed by atoms with Gasteiger partial charge in [-0.1, -0.05) is 27.2 Å². The summed E-state index contributed by atoms with van der Waals surface area (Å²) in [4.78, 5) is 4.17. The van der Waals surface area contributed by atoms with Crippen LogP contribution in [-0.4, -0.2) is 30.2 Å². The van der Waals surface area contributed by atoms with E-state index >= 15 is 0 Å². The van der Waals surface area contributed by atoms with Gasteiger partial charge in [-0.05, 0) is 35.4 Å². The minimum Gasteiger partial charge on any atom is -0.384 e. The van der Waals surface area contributed by atoms with Crippen molar-refractivity contribution < 1.29 is 0 Å². The molecule has 0 radical (unpaired) electrons. The normalized spacial score (nSPS) is 11.2. The molecule has 0 saturated heterocycles. The molecule has 0 aliphatic rings. The Morgan fingerprint density at radius 2 is 2.17 bits per heavy atom. The van der Waals surface area contributed by atoms with Crippen molar-refractivity contribution in [2.75, 3.05) is 5.73 Å². The molecule has 0 amide bonds. The zero-order chi connectivity index (χ0) is 15.8. The van der Waals surface area contributed by atoms with Crippen LogP contribution in [0.2, 0.25) is 0 Å². The molecule has 0 unspecified atom stereocenters. The van der Waals surface area contributed by atoms with E-state index < -0.39 is 0 Å². The van der Waals surface area contributed by atoms with Crippen molar-refractivity contribution in [3.63, 3.8) is 0 Å². The molecule has 0 bridgehead atoms. The Morgan fingerprint density at radius 3 is 3.04 bits per heavy atom. The summed E-state index contributed by atoms with van der Waals surface area (Å²) in [6, 6.07) is 9.79. The van der Waals surface area contributed by atoms with Crippen LogP contribution < -0.4 is 5.73 Å². The average Bonchev–Trinajstić information content (AvgIpc) is 3.16. The summed E-state index contributed by atoms with van der Waals surface area (Å²) in [5.74, 6) is 0.443. The maximum atomic E-state index is 5.84. The van der Waals surface area contributed by atoms with E-state index in [0.29, 0.717) is 17.9 Å². The van der Waals surface area contributed by atoms with Gasteiger partial charge in [0.1, 0.15) is 11.3 Å². The van der Waals surface area contributed by atoms with E-state index in [4.69, 9.17) is 5.73 Å². The number of nitrogens with zero attached hydrogens (tertiary/aromatic N) is 5. The van der Waals surface area contributed by atoms with Gasteiger partial charge in [-0.3, -0.25) is 0 Å². The summed E-state index contributed by atoms with van der Waals surface area (Å²) in [5.41, 5.74) is 10.2. The van der Waals surface area contributed by atoms with Gasteiger partial charge in [0, 0.05) is 17.1 Å². The van der Waals surface area contributed by atoms with Gasteiger partial charge in [0.15, 0.2) is 5.65 Å². The molecule has 114 valence electrons. The number of halogens is 1. The number of aromatic nitrogens is 6. The van der Waals surface area contributed by atoms with E-state index in [2.05, 4.69) is 41.4 Å². The Hall–Kier alpha value is -2.74. The molecule has 0 fully saturated rings. The van der Waals surface area contributed by atoms with Crippen molar-refractivity contribution in [3.05, 3.63) is 58.3 Å². The number of hydrogen-bond donors (Lipinski definition) is 2. The number of hydrogen-bond acceptors (Lipinski definition) is 5. The molecule has 7 nitrogen and oxygen atoms in total. The van der Waals surface area contributed by atoms with Gasteiger partial charge in [-0.25, -0.2) is 14.8 Å². The second-order valence-corrected chi connectivity index (χ2v) is 6.08. The third-order valence-corrected chi connectivity index (χ3v) is 3.99. The van der Waals surface area contributed by atoms with Gasteiger partial charge in [0.25, 0.3) is 0 Å². The number of aromatic amines is 1. The first-order chi connectivity index (χ1) is 11.2. The van der Waals surface area contributed by atoms with Crippen LogP contribution >= 0.6 is 15.9 Å². The molecule has 0 saturated carbocycles. The lowest BCUT2D eigenvalue weighted by atomic mass is 10.1. The van der Waals surface area contributed by atoms with Crippen LogP contribution in [0, 0.1) is 0 Å². The molecule has 3 N–H and O–H groups in total. The first-order valence-corrected chi connectivity index (χ1v) is 7.74. The zero-order valence-corrected chi connectivity index (χ0v) is 13.5. The zero-order valence-electron chi connectivity index (χ0n) is 11.9. The SMILES string of the molecule is Nc1cc(Cc2cnn(-c3cccc(Br)c3)c2)c2nn[nH]c2n1. The maximum Gasteiger partial charge on any atom is 0.178 e. The summed E-state index contributed by atoms with van der Waals surface area (Å²) in [6.45, 7) is 0. The second kappa shape index (κ2) is 5.47. The molecule has 3 aromatic heterocycles. The molecule has 1 aromatic carbocycles. The largest absolute Gasteiger partial charge is 0.384 e. The quantitative estimate of drug-likeness (QED) is 0.577. The van der Waals surface area contributed by atoms with Crippen LogP contribution in [0.5, 0.6) is 0 Å². The molecule has 0 atom stereocenters. The minimum atomic E-state index is 0.443. The Labute approximate surface area is 139 Å². The molecule has 3 heterocycles. The van der Waals surface area contributed by atoms with Crippen molar-refractivity contribution in [1.29, 1.82) is 0 Å². The lowest BCUT2D eigenvalue weighted by Gasteiger charge is -2.02. The third kappa shape index (κ3) is 2.68. The van der Waals surface area contributed by atoms with Crippen molar-refractivity contribution >= 4 is 32.9 Å². The van der Waals surface area contributed by atoms with Crippen LogP contribution in [0.25, 0.3) is 16.9 Å². The summed E-state index contributed by atoms with van der Waals surface area (Å²) in [6.07, 6.45) is 4.48. The Kier molecular flexibility index (Phi) is 3.30.